The number of likely N-dealkylation sites (N-methyl/N-ethyl adjacent to an activating group) is 1. The van der Waals surface area contributed by atoms with E-state index in [1.165, 1.54) is 31.4 Å². The molecule has 3 aliphatic rings. The minimum atomic E-state index is 0.181. The van der Waals surface area contributed by atoms with E-state index in [4.69, 9.17) is 0 Å². The highest BCUT2D eigenvalue weighted by atomic mass is 16.2. The number of carbonyl (C=O) groups excluding carboxylic acids is 1. The molecule has 0 aromatic heterocycles. The zero-order valence-corrected chi connectivity index (χ0v) is 11.4. The van der Waals surface area contributed by atoms with Crippen LogP contribution in [0.5, 0.6) is 0 Å². The van der Waals surface area contributed by atoms with Gasteiger partial charge in [-0.2, -0.15) is 0 Å². The number of nitrogens with zero attached hydrogens (tertiary/aromatic N) is 2. The molecule has 1 aromatic rings. The second-order valence-corrected chi connectivity index (χ2v) is 6.46. The zero-order chi connectivity index (χ0) is 13.0. The van der Waals surface area contributed by atoms with Gasteiger partial charge < -0.3 is 9.80 Å². The van der Waals surface area contributed by atoms with Crippen LogP contribution < -0.4 is 4.90 Å². The number of carbonyl (C=O) groups is 1. The molecule has 4 rings (SSSR count). The second-order valence-electron chi connectivity index (χ2n) is 6.46. The summed E-state index contributed by atoms with van der Waals surface area (Å²) in [4.78, 5) is 17.0. The van der Waals surface area contributed by atoms with E-state index in [9.17, 15) is 4.79 Å². The number of para-hydroxylation sites is 1. The summed E-state index contributed by atoms with van der Waals surface area (Å²) in [6.45, 7) is 2.02. The summed E-state index contributed by atoms with van der Waals surface area (Å²) in [6, 6.07) is 8.16. The number of rotatable bonds is 2. The van der Waals surface area contributed by atoms with Gasteiger partial charge in [-0.25, -0.2) is 0 Å². The maximum Gasteiger partial charge on any atom is 0.255 e. The van der Waals surface area contributed by atoms with E-state index in [1.54, 1.807) is 0 Å². The van der Waals surface area contributed by atoms with E-state index in [2.05, 4.69) is 17.0 Å². The average molecular weight is 256 g/mol. The first kappa shape index (κ1) is 11.3. The first-order chi connectivity index (χ1) is 9.20. The average Bonchev–Trinajstić information content (AvgIpc) is 3.30. The Morgan fingerprint density at radius 3 is 2.68 bits per heavy atom. The van der Waals surface area contributed by atoms with E-state index in [0.717, 1.165) is 24.6 Å². The Hall–Kier alpha value is -1.51. The van der Waals surface area contributed by atoms with Gasteiger partial charge in [0.1, 0.15) is 0 Å². The van der Waals surface area contributed by atoms with Gasteiger partial charge in [0.25, 0.3) is 5.91 Å². The van der Waals surface area contributed by atoms with Crippen molar-refractivity contribution in [1.29, 1.82) is 0 Å². The van der Waals surface area contributed by atoms with E-state index in [-0.39, 0.29) is 11.4 Å². The lowest BCUT2D eigenvalue weighted by Crippen LogP contribution is -2.45. The van der Waals surface area contributed by atoms with Crippen LogP contribution in [0.25, 0.3) is 0 Å². The monoisotopic (exact) mass is 256 g/mol. The third-order valence-corrected chi connectivity index (χ3v) is 4.84. The summed E-state index contributed by atoms with van der Waals surface area (Å²) in [7, 11) is 1.94. The predicted octanol–water partition coefficient (Wildman–Crippen LogP) is 2.52. The molecule has 0 unspecified atom stereocenters. The lowest BCUT2D eigenvalue weighted by atomic mass is 10.1. The van der Waals surface area contributed by atoms with Crippen LogP contribution >= 0.6 is 0 Å². The smallest absolute Gasteiger partial charge is 0.255 e. The molecule has 1 amide bonds. The van der Waals surface area contributed by atoms with Gasteiger partial charge in [0.05, 0.1) is 16.8 Å². The molecule has 1 aromatic carbocycles. The van der Waals surface area contributed by atoms with Gasteiger partial charge in [-0.05, 0) is 43.7 Å². The van der Waals surface area contributed by atoms with Gasteiger partial charge in [-0.1, -0.05) is 12.1 Å². The number of fused-ring (bicyclic) bond motifs is 1. The molecular formula is C16H20N2O. The third kappa shape index (κ3) is 1.75. The van der Waals surface area contributed by atoms with Crippen molar-refractivity contribution in [3.05, 3.63) is 29.8 Å². The number of benzene rings is 1. The molecule has 2 aliphatic carbocycles. The van der Waals surface area contributed by atoms with Crippen molar-refractivity contribution < 1.29 is 4.79 Å². The highest BCUT2D eigenvalue weighted by molar-refractivity contribution is 6.00. The Bertz CT molecular complexity index is 531. The highest BCUT2D eigenvalue weighted by Gasteiger charge is 2.52. The fourth-order valence-corrected chi connectivity index (χ4v) is 3.37. The van der Waals surface area contributed by atoms with Crippen LogP contribution in [0.3, 0.4) is 0 Å². The predicted molar refractivity (Wildman–Crippen MR) is 75.4 cm³/mol. The molecule has 0 N–H and O–H groups in total. The molecule has 1 aliphatic heterocycles. The Balaban J connectivity index is 1.81. The third-order valence-electron chi connectivity index (χ3n) is 4.84. The summed E-state index contributed by atoms with van der Waals surface area (Å²) >= 11 is 0. The molecule has 1 heterocycles. The van der Waals surface area contributed by atoms with Crippen molar-refractivity contribution in [2.24, 2.45) is 5.92 Å². The maximum atomic E-state index is 12.5. The minimum Gasteiger partial charge on any atom is -0.363 e. The van der Waals surface area contributed by atoms with Crippen LogP contribution in [-0.2, 0) is 0 Å². The number of anilines is 1. The van der Waals surface area contributed by atoms with Crippen LogP contribution in [0.2, 0.25) is 0 Å². The Morgan fingerprint density at radius 1 is 1.26 bits per heavy atom. The fraction of sp³-hybridized carbons (Fsp3) is 0.562. The molecule has 0 bridgehead atoms. The Kier molecular flexibility index (Phi) is 2.23. The highest BCUT2D eigenvalue weighted by Crippen LogP contribution is 2.49. The van der Waals surface area contributed by atoms with Crippen molar-refractivity contribution in [2.45, 2.75) is 31.2 Å². The van der Waals surface area contributed by atoms with E-state index < -0.39 is 0 Å². The maximum absolute atomic E-state index is 12.5. The van der Waals surface area contributed by atoms with Crippen molar-refractivity contribution >= 4 is 11.6 Å². The molecular weight excluding hydrogens is 236 g/mol. The lowest BCUT2D eigenvalue weighted by Gasteiger charge is -2.34. The van der Waals surface area contributed by atoms with Gasteiger partial charge in [0.15, 0.2) is 0 Å². The molecule has 100 valence electrons. The van der Waals surface area contributed by atoms with Crippen LogP contribution in [0, 0.1) is 5.92 Å². The quantitative estimate of drug-likeness (QED) is 0.811. The minimum absolute atomic E-state index is 0.181. The Labute approximate surface area is 114 Å². The van der Waals surface area contributed by atoms with E-state index in [1.807, 2.05) is 24.1 Å². The van der Waals surface area contributed by atoms with Crippen molar-refractivity contribution in [3.8, 4) is 0 Å². The van der Waals surface area contributed by atoms with E-state index >= 15 is 0 Å². The van der Waals surface area contributed by atoms with Crippen molar-refractivity contribution in [1.82, 2.24) is 4.90 Å². The molecule has 1 spiro atoms. The normalized spacial score (nSPS) is 24.4. The van der Waals surface area contributed by atoms with Gasteiger partial charge in [-0.3, -0.25) is 4.79 Å². The van der Waals surface area contributed by atoms with Gasteiger partial charge >= 0.3 is 0 Å². The first-order valence-corrected chi connectivity index (χ1v) is 7.32. The van der Waals surface area contributed by atoms with Crippen molar-refractivity contribution in [3.63, 3.8) is 0 Å². The summed E-state index contributed by atoms with van der Waals surface area (Å²) in [5.41, 5.74) is 2.29. The number of hydrogen-bond acceptors (Lipinski definition) is 2. The van der Waals surface area contributed by atoms with Crippen LogP contribution in [0.1, 0.15) is 36.0 Å². The summed E-state index contributed by atoms with van der Waals surface area (Å²) in [5.74, 6) is 1.03. The summed E-state index contributed by atoms with van der Waals surface area (Å²) in [5, 5.41) is 0. The molecule has 3 nitrogen and oxygen atoms in total. The van der Waals surface area contributed by atoms with Gasteiger partial charge in [0, 0.05) is 20.1 Å². The second kappa shape index (κ2) is 3.75. The standard InChI is InChI=1S/C16H20N2O/c1-17-11-16(8-9-16)18(10-12-6-7-12)14-5-3-2-4-13(14)15(17)19/h2-5,12H,6-11H2,1H3. The zero-order valence-electron chi connectivity index (χ0n) is 11.4. The molecule has 2 saturated carbocycles. The molecule has 0 saturated heterocycles. The number of hydrogen-bond donors (Lipinski definition) is 0. The van der Waals surface area contributed by atoms with Crippen LogP contribution in [0.15, 0.2) is 24.3 Å². The summed E-state index contributed by atoms with van der Waals surface area (Å²) < 4.78 is 0. The van der Waals surface area contributed by atoms with Gasteiger partial charge in [-0.15, -0.1) is 0 Å². The molecule has 2 fully saturated rings. The van der Waals surface area contributed by atoms with E-state index in [0.29, 0.717) is 0 Å². The largest absolute Gasteiger partial charge is 0.363 e. The molecule has 19 heavy (non-hydrogen) atoms. The SMILES string of the molecule is CN1CC2(CC2)N(CC2CC2)c2ccccc2C1=O. The first-order valence-electron chi connectivity index (χ1n) is 7.32. The fourth-order valence-electron chi connectivity index (χ4n) is 3.37. The van der Waals surface area contributed by atoms with Crippen LogP contribution in [0.4, 0.5) is 5.69 Å². The molecule has 0 radical (unpaired) electrons. The topological polar surface area (TPSA) is 23.6 Å². The van der Waals surface area contributed by atoms with Crippen LogP contribution in [-0.4, -0.2) is 36.5 Å². The molecule has 0 atom stereocenters. The number of amides is 1. The summed E-state index contributed by atoms with van der Waals surface area (Å²) in [6.07, 6.45) is 5.18. The van der Waals surface area contributed by atoms with Gasteiger partial charge in [0.2, 0.25) is 0 Å². The Morgan fingerprint density at radius 2 is 2.00 bits per heavy atom. The van der Waals surface area contributed by atoms with Crippen molar-refractivity contribution in [2.75, 3.05) is 25.0 Å². The lowest BCUT2D eigenvalue weighted by molar-refractivity contribution is 0.0790. The molecule has 3 heteroatoms.